The van der Waals surface area contributed by atoms with E-state index in [0.29, 0.717) is 17.0 Å². The summed E-state index contributed by atoms with van der Waals surface area (Å²) in [5.41, 5.74) is 7.39. The summed E-state index contributed by atoms with van der Waals surface area (Å²) < 4.78 is 17.1. The number of fused-ring (bicyclic) bond motifs is 2. The van der Waals surface area contributed by atoms with Gasteiger partial charge >= 0.3 is 0 Å². The van der Waals surface area contributed by atoms with Gasteiger partial charge in [0.1, 0.15) is 17.3 Å². The van der Waals surface area contributed by atoms with Crippen LogP contribution in [0.15, 0.2) is 72.9 Å². The van der Waals surface area contributed by atoms with E-state index in [0.717, 1.165) is 40.3 Å². The highest BCUT2D eigenvalue weighted by Gasteiger charge is 2.22. The van der Waals surface area contributed by atoms with Gasteiger partial charge in [0.15, 0.2) is 11.4 Å². The van der Waals surface area contributed by atoms with Gasteiger partial charge in [-0.1, -0.05) is 30.3 Å². The van der Waals surface area contributed by atoms with Crippen molar-refractivity contribution in [1.82, 2.24) is 24.1 Å². The first-order chi connectivity index (χ1) is 17.0. The molecule has 7 heteroatoms. The predicted molar refractivity (Wildman–Crippen MR) is 132 cm³/mol. The Morgan fingerprint density at radius 2 is 1.83 bits per heavy atom. The smallest absolute Gasteiger partial charge is 0.169 e. The largest absolute Gasteiger partial charge is 0.330 e. The fraction of sp³-hybridized carbons (Fsp3) is 0.143. The van der Waals surface area contributed by atoms with Crippen molar-refractivity contribution < 1.29 is 9.18 Å². The van der Waals surface area contributed by atoms with Crippen LogP contribution in [0, 0.1) is 12.7 Å². The number of halogens is 1. The lowest BCUT2D eigenvalue weighted by Crippen LogP contribution is -2.05. The van der Waals surface area contributed by atoms with Crippen molar-refractivity contribution in [2.45, 2.75) is 19.8 Å². The quantitative estimate of drug-likeness (QED) is 0.368. The van der Waals surface area contributed by atoms with Crippen LogP contribution in [0.2, 0.25) is 0 Å². The molecular formula is C28H22FN5O. The topological polar surface area (TPSA) is 65.1 Å². The first-order valence-electron chi connectivity index (χ1n) is 11.4. The van der Waals surface area contributed by atoms with E-state index in [1.54, 1.807) is 22.8 Å². The van der Waals surface area contributed by atoms with Gasteiger partial charge in [0, 0.05) is 18.2 Å². The Morgan fingerprint density at radius 3 is 2.66 bits per heavy atom. The van der Waals surface area contributed by atoms with E-state index < -0.39 is 0 Å². The van der Waals surface area contributed by atoms with Crippen LogP contribution < -0.4 is 0 Å². The highest BCUT2D eigenvalue weighted by atomic mass is 19.1. The van der Waals surface area contributed by atoms with Crippen LogP contribution in [-0.2, 0) is 24.7 Å². The van der Waals surface area contributed by atoms with Gasteiger partial charge in [0.25, 0.3) is 0 Å². The van der Waals surface area contributed by atoms with Gasteiger partial charge in [-0.15, -0.1) is 0 Å². The molecule has 0 radical (unpaired) electrons. The third kappa shape index (κ3) is 3.65. The minimum atomic E-state index is -0.292. The Labute approximate surface area is 201 Å². The summed E-state index contributed by atoms with van der Waals surface area (Å²) in [5.74, 6) is 0.586. The molecule has 1 aliphatic rings. The molecule has 0 atom stereocenters. The number of allylic oxidation sites excluding steroid dienone is 2. The fourth-order valence-electron chi connectivity index (χ4n) is 4.66. The van der Waals surface area contributed by atoms with Gasteiger partial charge in [-0.25, -0.2) is 18.9 Å². The lowest BCUT2D eigenvalue weighted by atomic mass is 10.0. The van der Waals surface area contributed by atoms with Crippen molar-refractivity contribution in [3.63, 3.8) is 0 Å². The number of Topliss-reactive ketones (excluding diaryl/α,β-unsaturated/α-hetero) is 1. The highest BCUT2D eigenvalue weighted by Crippen LogP contribution is 2.32. The fourth-order valence-corrected chi connectivity index (χ4v) is 4.66. The molecule has 2 aromatic carbocycles. The Bertz CT molecular complexity index is 1640. The maximum atomic E-state index is 13.5. The molecular weight excluding hydrogens is 441 g/mol. The van der Waals surface area contributed by atoms with Gasteiger partial charge in [0.05, 0.1) is 29.7 Å². The van der Waals surface area contributed by atoms with E-state index in [1.165, 1.54) is 17.7 Å². The number of nitrogens with zero attached hydrogens (tertiary/aromatic N) is 5. The number of rotatable bonds is 5. The van der Waals surface area contributed by atoms with Gasteiger partial charge in [-0.05, 0) is 60.9 Å². The molecule has 0 aliphatic heterocycles. The molecule has 6 nitrogen and oxygen atoms in total. The van der Waals surface area contributed by atoms with Gasteiger partial charge in [-0.2, -0.15) is 5.10 Å². The van der Waals surface area contributed by atoms with Crippen molar-refractivity contribution >= 4 is 17.0 Å². The van der Waals surface area contributed by atoms with E-state index in [1.807, 2.05) is 54.9 Å². The number of imidazole rings is 2. The minimum Gasteiger partial charge on any atom is -0.330 e. The van der Waals surface area contributed by atoms with Crippen LogP contribution in [0.1, 0.15) is 22.6 Å². The van der Waals surface area contributed by atoms with Crippen LogP contribution in [-0.4, -0.2) is 29.9 Å². The molecule has 5 aromatic rings. The van der Waals surface area contributed by atoms with Crippen molar-refractivity contribution in [3.05, 3.63) is 101 Å². The summed E-state index contributed by atoms with van der Waals surface area (Å²) in [5, 5.41) is 4.78. The minimum absolute atomic E-state index is 0.0550. The van der Waals surface area contributed by atoms with Crippen LogP contribution in [0.5, 0.6) is 0 Å². The summed E-state index contributed by atoms with van der Waals surface area (Å²) in [6.07, 6.45) is 4.80. The van der Waals surface area contributed by atoms with Crippen molar-refractivity contribution in [1.29, 1.82) is 0 Å². The van der Waals surface area contributed by atoms with Crippen molar-refractivity contribution in [3.8, 4) is 22.6 Å². The lowest BCUT2D eigenvalue weighted by molar-refractivity contribution is -0.113. The number of carbonyl (C=O) groups excluding carboxylic acids is 1. The molecule has 3 heterocycles. The number of hydrogen-bond acceptors (Lipinski definition) is 4. The molecule has 6 rings (SSSR count). The number of aromatic nitrogens is 5. The second-order valence-corrected chi connectivity index (χ2v) is 8.75. The third-order valence-electron chi connectivity index (χ3n) is 6.52. The zero-order valence-electron chi connectivity index (χ0n) is 19.4. The van der Waals surface area contributed by atoms with E-state index in [9.17, 15) is 9.18 Å². The molecule has 1 aliphatic carbocycles. The molecule has 0 unspecified atom stereocenters. The number of ketones is 1. The number of benzene rings is 2. The number of hydrogen-bond donors (Lipinski definition) is 0. The summed E-state index contributed by atoms with van der Waals surface area (Å²) in [7, 11) is 1.93. The summed E-state index contributed by atoms with van der Waals surface area (Å²) in [4.78, 5) is 22.4. The van der Waals surface area contributed by atoms with Crippen molar-refractivity contribution in [2.75, 3.05) is 0 Å². The third-order valence-corrected chi connectivity index (χ3v) is 6.52. The monoisotopic (exact) mass is 463 g/mol. The summed E-state index contributed by atoms with van der Waals surface area (Å²) in [6, 6.07) is 18.1. The highest BCUT2D eigenvalue weighted by molar-refractivity contribution is 6.22. The Kier molecular flexibility index (Phi) is 4.91. The molecule has 0 bridgehead atoms. The average Bonchev–Trinajstić information content (AvgIpc) is 3.54. The van der Waals surface area contributed by atoms with Gasteiger partial charge < -0.3 is 4.57 Å². The predicted octanol–water partition coefficient (Wildman–Crippen LogP) is 5.00. The van der Waals surface area contributed by atoms with Gasteiger partial charge in [-0.3, -0.25) is 4.79 Å². The zero-order chi connectivity index (χ0) is 24.1. The van der Waals surface area contributed by atoms with E-state index in [-0.39, 0.29) is 18.0 Å². The molecule has 35 heavy (non-hydrogen) atoms. The van der Waals surface area contributed by atoms with Crippen LogP contribution in [0.25, 0.3) is 33.9 Å². The molecule has 0 N–H and O–H groups in total. The normalized spacial score (nSPS) is 12.7. The van der Waals surface area contributed by atoms with Crippen LogP contribution >= 0.6 is 0 Å². The molecule has 172 valence electrons. The first-order valence-corrected chi connectivity index (χ1v) is 11.4. The van der Waals surface area contributed by atoms with Gasteiger partial charge in [0.2, 0.25) is 0 Å². The maximum absolute atomic E-state index is 13.5. The number of carbonyl (C=O) groups is 1. The Hall–Kier alpha value is -4.39. The molecule has 0 saturated carbocycles. The second kappa shape index (κ2) is 8.13. The molecule has 0 fully saturated rings. The molecule has 0 amide bonds. The average molecular weight is 464 g/mol. The molecule has 0 saturated heterocycles. The summed E-state index contributed by atoms with van der Waals surface area (Å²) >= 11 is 0. The van der Waals surface area contributed by atoms with E-state index >= 15 is 0 Å². The van der Waals surface area contributed by atoms with Crippen molar-refractivity contribution in [2.24, 2.45) is 7.05 Å². The second-order valence-electron chi connectivity index (χ2n) is 8.75. The molecule has 0 spiro atoms. The van der Waals surface area contributed by atoms with E-state index in [2.05, 4.69) is 11.1 Å². The van der Waals surface area contributed by atoms with Crippen LogP contribution in [0.4, 0.5) is 4.39 Å². The molecule has 3 aromatic heterocycles. The summed E-state index contributed by atoms with van der Waals surface area (Å²) in [6.45, 7) is 1.92. The van der Waals surface area contributed by atoms with E-state index in [4.69, 9.17) is 10.1 Å². The SMILES string of the molecule is Cc1nc(-c2ccc(F)cc2)c(-c2ccc3nc(CC(=O)C4=CCc5ccccc54)cn3n2)n1C. The Morgan fingerprint density at radius 1 is 1.03 bits per heavy atom. The Balaban J connectivity index is 1.33. The zero-order valence-corrected chi connectivity index (χ0v) is 19.4. The first kappa shape index (κ1) is 21.2. The number of aryl methyl sites for hydroxylation is 1. The maximum Gasteiger partial charge on any atom is 0.169 e. The van der Waals surface area contributed by atoms with Crippen LogP contribution in [0.3, 0.4) is 0 Å². The standard InChI is InChI=1S/C28H22FN5O/c1-17-30-27(19-7-10-20(29)11-8-19)28(33(17)2)24-13-14-26-31-21(16-34(26)32-24)15-25(35)23-12-9-18-5-3-4-6-22(18)23/h3-8,10-14,16H,9,15H2,1-2H3. The lowest BCUT2D eigenvalue weighted by Gasteiger charge is -2.07.